The van der Waals surface area contributed by atoms with Gasteiger partial charge in [0.2, 0.25) is 0 Å². The summed E-state index contributed by atoms with van der Waals surface area (Å²) in [6, 6.07) is 25.6. The van der Waals surface area contributed by atoms with E-state index in [1.54, 1.807) is 6.21 Å². The summed E-state index contributed by atoms with van der Waals surface area (Å²) in [4.78, 5) is 11.8. The fourth-order valence-corrected chi connectivity index (χ4v) is 2.89. The van der Waals surface area contributed by atoms with E-state index in [0.717, 1.165) is 20.3 Å². The molecule has 0 saturated carbocycles. The minimum atomic E-state index is -0.306. The number of amides is 1. The molecule has 3 aromatic carbocycles. The molecule has 0 aromatic heterocycles. The maximum atomic E-state index is 11.8. The third kappa shape index (κ3) is 5.42. The van der Waals surface area contributed by atoms with Crippen LogP contribution in [0.5, 0.6) is 5.75 Å². The number of hydrogen-bond acceptors (Lipinski definition) is 3. The van der Waals surface area contributed by atoms with Gasteiger partial charge in [0.15, 0.2) is 6.61 Å². The second-order valence-corrected chi connectivity index (χ2v) is 6.77. The van der Waals surface area contributed by atoms with Gasteiger partial charge in [0, 0.05) is 3.57 Å². The molecule has 4 nitrogen and oxygen atoms in total. The van der Waals surface area contributed by atoms with Crippen LogP contribution in [0.2, 0.25) is 0 Å². The molecule has 0 aliphatic heterocycles. The summed E-state index contributed by atoms with van der Waals surface area (Å²) < 4.78 is 6.60. The zero-order chi connectivity index (χ0) is 18.2. The lowest BCUT2D eigenvalue weighted by atomic mass is 10.1. The number of halogens is 1. The monoisotopic (exact) mass is 456 g/mol. The molecule has 0 aliphatic rings. The van der Waals surface area contributed by atoms with Gasteiger partial charge in [-0.05, 0) is 63.5 Å². The smallest absolute Gasteiger partial charge is 0.277 e. The Balaban J connectivity index is 1.48. The molecule has 0 bridgehead atoms. The molecule has 3 rings (SSSR count). The summed E-state index contributed by atoms with van der Waals surface area (Å²) in [5, 5.41) is 3.94. The Labute approximate surface area is 166 Å². The SMILES string of the molecule is O=C(COc1ccc(-c2ccccc2)cc1)NN=Cc1cccc(I)c1. The molecule has 0 spiro atoms. The van der Waals surface area contributed by atoms with E-state index in [-0.39, 0.29) is 12.5 Å². The van der Waals surface area contributed by atoms with Crippen molar-refractivity contribution in [3.8, 4) is 16.9 Å². The molecule has 0 heterocycles. The number of ether oxygens (including phenoxy) is 1. The zero-order valence-electron chi connectivity index (χ0n) is 13.9. The van der Waals surface area contributed by atoms with Gasteiger partial charge in [-0.3, -0.25) is 4.79 Å². The quantitative estimate of drug-likeness (QED) is 0.338. The molecular formula is C21H17IN2O2. The van der Waals surface area contributed by atoms with Crippen molar-refractivity contribution in [2.45, 2.75) is 0 Å². The fraction of sp³-hybridized carbons (Fsp3) is 0.0476. The predicted octanol–water partition coefficient (Wildman–Crippen LogP) is 4.49. The van der Waals surface area contributed by atoms with Crippen LogP contribution < -0.4 is 10.2 Å². The Bertz CT molecular complexity index is 893. The van der Waals surface area contributed by atoms with Gasteiger partial charge < -0.3 is 4.74 Å². The van der Waals surface area contributed by atoms with E-state index in [4.69, 9.17) is 4.74 Å². The van der Waals surface area contributed by atoms with Crippen molar-refractivity contribution in [3.63, 3.8) is 0 Å². The zero-order valence-corrected chi connectivity index (χ0v) is 16.1. The van der Waals surface area contributed by atoms with Gasteiger partial charge in [0.05, 0.1) is 6.21 Å². The highest BCUT2D eigenvalue weighted by Crippen LogP contribution is 2.21. The number of nitrogens with zero attached hydrogens (tertiary/aromatic N) is 1. The highest BCUT2D eigenvalue weighted by molar-refractivity contribution is 14.1. The maximum absolute atomic E-state index is 11.8. The predicted molar refractivity (Wildman–Crippen MR) is 112 cm³/mol. The average molecular weight is 456 g/mol. The van der Waals surface area contributed by atoms with Gasteiger partial charge in [-0.1, -0.05) is 54.6 Å². The standard InChI is InChI=1S/C21H17IN2O2/c22-19-8-4-5-16(13-19)14-23-24-21(25)15-26-20-11-9-18(10-12-20)17-6-2-1-3-7-17/h1-14H,15H2,(H,24,25). The lowest BCUT2D eigenvalue weighted by Gasteiger charge is -2.06. The topological polar surface area (TPSA) is 50.7 Å². The molecule has 0 fully saturated rings. The van der Waals surface area contributed by atoms with E-state index < -0.39 is 0 Å². The van der Waals surface area contributed by atoms with Crippen molar-refractivity contribution in [2.75, 3.05) is 6.61 Å². The largest absolute Gasteiger partial charge is 0.484 e. The van der Waals surface area contributed by atoms with Crippen LogP contribution in [0.25, 0.3) is 11.1 Å². The van der Waals surface area contributed by atoms with E-state index in [1.807, 2.05) is 66.7 Å². The van der Waals surface area contributed by atoms with Crippen LogP contribution in [0.15, 0.2) is 84.0 Å². The summed E-state index contributed by atoms with van der Waals surface area (Å²) >= 11 is 2.23. The van der Waals surface area contributed by atoms with Crippen LogP contribution in [-0.2, 0) is 4.79 Å². The first-order valence-electron chi connectivity index (χ1n) is 8.06. The van der Waals surface area contributed by atoms with Crippen LogP contribution >= 0.6 is 22.6 Å². The van der Waals surface area contributed by atoms with Crippen LogP contribution in [0, 0.1) is 3.57 Å². The molecule has 0 aliphatic carbocycles. The van der Waals surface area contributed by atoms with Crippen LogP contribution in [0.4, 0.5) is 0 Å². The second kappa shape index (κ2) is 9.15. The summed E-state index contributed by atoms with van der Waals surface area (Å²) in [5.74, 6) is 0.334. The molecule has 0 unspecified atom stereocenters. The van der Waals surface area contributed by atoms with Crippen LogP contribution in [-0.4, -0.2) is 18.7 Å². The number of rotatable bonds is 6. The van der Waals surface area contributed by atoms with Crippen molar-refractivity contribution in [1.29, 1.82) is 0 Å². The molecule has 0 saturated heterocycles. The fourth-order valence-electron chi connectivity index (χ4n) is 2.32. The number of benzene rings is 3. The molecule has 130 valence electrons. The number of hydrazone groups is 1. The molecule has 3 aromatic rings. The highest BCUT2D eigenvalue weighted by atomic mass is 127. The average Bonchev–Trinajstić information content (AvgIpc) is 2.68. The minimum absolute atomic E-state index is 0.0889. The Morgan fingerprint density at radius 2 is 1.69 bits per heavy atom. The van der Waals surface area contributed by atoms with Crippen molar-refractivity contribution < 1.29 is 9.53 Å². The Hall–Kier alpha value is -2.67. The van der Waals surface area contributed by atoms with E-state index in [9.17, 15) is 4.79 Å². The van der Waals surface area contributed by atoms with Crippen molar-refractivity contribution in [1.82, 2.24) is 5.43 Å². The summed E-state index contributed by atoms with van der Waals surface area (Å²) in [6.07, 6.45) is 1.61. The van der Waals surface area contributed by atoms with Gasteiger partial charge in [0.25, 0.3) is 5.91 Å². The maximum Gasteiger partial charge on any atom is 0.277 e. The first-order valence-corrected chi connectivity index (χ1v) is 9.14. The third-order valence-electron chi connectivity index (χ3n) is 3.58. The Morgan fingerprint density at radius 3 is 2.42 bits per heavy atom. The van der Waals surface area contributed by atoms with Gasteiger partial charge in [-0.25, -0.2) is 5.43 Å². The lowest BCUT2D eigenvalue weighted by Crippen LogP contribution is -2.24. The van der Waals surface area contributed by atoms with Crippen molar-refractivity contribution >= 4 is 34.7 Å². The summed E-state index contributed by atoms with van der Waals surface area (Å²) in [7, 11) is 0. The highest BCUT2D eigenvalue weighted by Gasteiger charge is 2.02. The van der Waals surface area contributed by atoms with Gasteiger partial charge in [-0.15, -0.1) is 0 Å². The van der Waals surface area contributed by atoms with E-state index in [0.29, 0.717) is 5.75 Å². The second-order valence-electron chi connectivity index (χ2n) is 5.53. The van der Waals surface area contributed by atoms with E-state index in [2.05, 4.69) is 45.3 Å². The molecular weight excluding hydrogens is 439 g/mol. The summed E-state index contributed by atoms with van der Waals surface area (Å²) in [6.45, 7) is -0.0889. The molecule has 5 heteroatoms. The van der Waals surface area contributed by atoms with Crippen molar-refractivity contribution in [2.24, 2.45) is 5.10 Å². The first-order chi connectivity index (χ1) is 12.7. The number of hydrogen-bond donors (Lipinski definition) is 1. The normalized spacial score (nSPS) is 10.7. The molecule has 1 N–H and O–H groups in total. The van der Waals surface area contributed by atoms with E-state index >= 15 is 0 Å². The molecule has 0 radical (unpaired) electrons. The minimum Gasteiger partial charge on any atom is -0.484 e. The lowest BCUT2D eigenvalue weighted by molar-refractivity contribution is -0.123. The number of carbonyl (C=O) groups is 1. The third-order valence-corrected chi connectivity index (χ3v) is 4.25. The van der Waals surface area contributed by atoms with Crippen LogP contribution in [0.3, 0.4) is 0 Å². The van der Waals surface area contributed by atoms with Gasteiger partial charge in [0.1, 0.15) is 5.75 Å². The van der Waals surface area contributed by atoms with Crippen LogP contribution in [0.1, 0.15) is 5.56 Å². The molecule has 26 heavy (non-hydrogen) atoms. The van der Waals surface area contributed by atoms with Crippen molar-refractivity contribution in [3.05, 3.63) is 88.0 Å². The van der Waals surface area contributed by atoms with E-state index in [1.165, 1.54) is 0 Å². The first kappa shape index (κ1) is 18.1. The number of nitrogens with one attached hydrogen (secondary N) is 1. The Morgan fingerprint density at radius 1 is 0.962 bits per heavy atom. The molecule has 1 amide bonds. The molecule has 0 atom stereocenters. The summed E-state index contributed by atoms with van der Waals surface area (Å²) in [5.41, 5.74) is 5.63. The Kier molecular flexibility index (Phi) is 6.38. The van der Waals surface area contributed by atoms with Gasteiger partial charge in [-0.2, -0.15) is 5.10 Å². The number of carbonyl (C=O) groups excluding carboxylic acids is 1. The van der Waals surface area contributed by atoms with Gasteiger partial charge >= 0.3 is 0 Å².